The molecule has 0 aromatic heterocycles. The number of ether oxygens (including phenoxy) is 1. The molecule has 2 atom stereocenters. The maximum Gasteiger partial charge on any atom is 0.334 e. The summed E-state index contributed by atoms with van der Waals surface area (Å²) in [7, 11) is 0. The topological polar surface area (TPSA) is 26.3 Å². The monoisotopic (exact) mass is 250 g/mol. The van der Waals surface area contributed by atoms with Crippen LogP contribution < -0.4 is 0 Å². The predicted octanol–water partition coefficient (Wildman–Crippen LogP) is 3.62. The van der Waals surface area contributed by atoms with E-state index in [0.29, 0.717) is 5.57 Å². The van der Waals surface area contributed by atoms with E-state index in [0.717, 1.165) is 11.1 Å². The van der Waals surface area contributed by atoms with E-state index < -0.39 is 0 Å². The number of hydrogen-bond acceptors (Lipinski definition) is 2. The summed E-state index contributed by atoms with van der Waals surface area (Å²) in [6, 6.07) is 19.7. The van der Waals surface area contributed by atoms with E-state index in [1.165, 1.54) is 0 Å². The summed E-state index contributed by atoms with van der Waals surface area (Å²) in [5, 5.41) is 0. The minimum atomic E-state index is -0.303. The third-order valence-corrected chi connectivity index (χ3v) is 3.46. The number of carbonyl (C=O) groups excluding carboxylic acids is 1. The number of rotatable bonds is 2. The van der Waals surface area contributed by atoms with Gasteiger partial charge in [0.25, 0.3) is 0 Å². The maximum absolute atomic E-state index is 11.8. The molecule has 0 bridgehead atoms. The Morgan fingerprint density at radius 1 is 0.842 bits per heavy atom. The van der Waals surface area contributed by atoms with Gasteiger partial charge in [-0.1, -0.05) is 67.2 Å². The van der Waals surface area contributed by atoms with E-state index in [9.17, 15) is 4.79 Å². The zero-order chi connectivity index (χ0) is 13.2. The molecule has 0 aliphatic carbocycles. The average molecular weight is 250 g/mol. The highest BCUT2D eigenvalue weighted by atomic mass is 16.6. The Labute approximate surface area is 112 Å². The third kappa shape index (κ3) is 2.06. The fraction of sp³-hybridized carbons (Fsp3) is 0.118. The van der Waals surface area contributed by atoms with Crippen LogP contribution in [-0.4, -0.2) is 5.97 Å². The van der Waals surface area contributed by atoms with Gasteiger partial charge >= 0.3 is 5.97 Å². The summed E-state index contributed by atoms with van der Waals surface area (Å²) in [5.74, 6) is -0.404. The van der Waals surface area contributed by atoms with Crippen molar-refractivity contribution in [2.45, 2.75) is 12.0 Å². The second-order valence-corrected chi connectivity index (χ2v) is 4.65. The van der Waals surface area contributed by atoms with Gasteiger partial charge in [-0.05, 0) is 11.1 Å². The maximum atomic E-state index is 11.8. The molecule has 1 heterocycles. The summed E-state index contributed by atoms with van der Waals surface area (Å²) < 4.78 is 5.49. The minimum Gasteiger partial charge on any atom is -0.453 e. The molecule has 2 aromatic carbocycles. The molecule has 1 saturated heterocycles. The Hall–Kier alpha value is -2.35. The van der Waals surface area contributed by atoms with Crippen molar-refractivity contribution in [3.63, 3.8) is 0 Å². The molecule has 0 N–H and O–H groups in total. The quantitative estimate of drug-likeness (QED) is 0.601. The Morgan fingerprint density at radius 3 is 1.95 bits per heavy atom. The number of carbonyl (C=O) groups is 1. The van der Waals surface area contributed by atoms with E-state index >= 15 is 0 Å². The minimum absolute atomic E-state index is 0.101. The van der Waals surface area contributed by atoms with Crippen molar-refractivity contribution in [3.8, 4) is 0 Å². The van der Waals surface area contributed by atoms with Crippen molar-refractivity contribution in [1.29, 1.82) is 0 Å². The van der Waals surface area contributed by atoms with Crippen molar-refractivity contribution in [3.05, 3.63) is 83.9 Å². The van der Waals surface area contributed by atoms with Gasteiger partial charge in [0.05, 0.1) is 5.92 Å². The second kappa shape index (κ2) is 4.73. The highest BCUT2D eigenvalue weighted by Crippen LogP contribution is 2.44. The zero-order valence-corrected chi connectivity index (χ0v) is 10.5. The van der Waals surface area contributed by atoms with Crippen molar-refractivity contribution in [2.24, 2.45) is 0 Å². The van der Waals surface area contributed by atoms with Gasteiger partial charge in [-0.3, -0.25) is 0 Å². The molecule has 1 aliphatic heterocycles. The number of hydrogen-bond donors (Lipinski definition) is 0. The Bertz CT molecular complexity index is 602. The molecule has 0 unspecified atom stereocenters. The molecule has 94 valence electrons. The smallest absolute Gasteiger partial charge is 0.334 e. The van der Waals surface area contributed by atoms with Gasteiger partial charge < -0.3 is 4.74 Å². The normalized spacial score (nSPS) is 22.3. The number of esters is 1. The van der Waals surface area contributed by atoms with Crippen molar-refractivity contribution in [2.75, 3.05) is 0 Å². The van der Waals surface area contributed by atoms with Crippen LogP contribution in [-0.2, 0) is 9.53 Å². The largest absolute Gasteiger partial charge is 0.453 e. The molecule has 2 aromatic rings. The van der Waals surface area contributed by atoms with Gasteiger partial charge in [0.2, 0.25) is 0 Å². The van der Waals surface area contributed by atoms with Gasteiger partial charge in [0.1, 0.15) is 6.10 Å². The number of benzene rings is 2. The van der Waals surface area contributed by atoms with Crippen LogP contribution in [0.1, 0.15) is 23.1 Å². The van der Waals surface area contributed by atoms with Gasteiger partial charge in [-0.2, -0.15) is 0 Å². The molecule has 2 nitrogen and oxygen atoms in total. The van der Waals surface area contributed by atoms with Gasteiger partial charge in [0.15, 0.2) is 0 Å². The van der Waals surface area contributed by atoms with Crippen LogP contribution in [0.2, 0.25) is 0 Å². The van der Waals surface area contributed by atoms with Gasteiger partial charge in [-0.15, -0.1) is 0 Å². The lowest BCUT2D eigenvalue weighted by Crippen LogP contribution is -2.06. The van der Waals surface area contributed by atoms with Crippen molar-refractivity contribution < 1.29 is 9.53 Å². The molecule has 1 aliphatic rings. The Morgan fingerprint density at radius 2 is 1.37 bits per heavy atom. The Kier molecular flexibility index (Phi) is 2.92. The lowest BCUT2D eigenvalue weighted by atomic mass is 9.86. The summed E-state index contributed by atoms with van der Waals surface area (Å²) in [4.78, 5) is 11.8. The molecule has 1 fully saturated rings. The van der Waals surface area contributed by atoms with E-state index in [1.807, 2.05) is 60.7 Å². The van der Waals surface area contributed by atoms with Crippen molar-refractivity contribution >= 4 is 5.97 Å². The summed E-state index contributed by atoms with van der Waals surface area (Å²) in [5.41, 5.74) is 2.59. The van der Waals surface area contributed by atoms with E-state index in [-0.39, 0.29) is 18.0 Å². The average Bonchev–Trinajstić information content (AvgIpc) is 2.77. The van der Waals surface area contributed by atoms with Crippen molar-refractivity contribution in [1.82, 2.24) is 0 Å². The first-order chi connectivity index (χ1) is 9.27. The summed E-state index contributed by atoms with van der Waals surface area (Å²) in [6.45, 7) is 3.89. The fourth-order valence-corrected chi connectivity index (χ4v) is 2.51. The predicted molar refractivity (Wildman–Crippen MR) is 73.6 cm³/mol. The van der Waals surface area contributed by atoms with Crippen LogP contribution in [0.5, 0.6) is 0 Å². The van der Waals surface area contributed by atoms with Gasteiger partial charge in [0, 0.05) is 5.57 Å². The second-order valence-electron chi connectivity index (χ2n) is 4.65. The van der Waals surface area contributed by atoms with E-state index in [1.54, 1.807) is 0 Å². The first kappa shape index (κ1) is 11.7. The molecular weight excluding hydrogens is 236 g/mol. The molecular formula is C17H14O2. The summed E-state index contributed by atoms with van der Waals surface area (Å²) >= 11 is 0. The fourth-order valence-electron chi connectivity index (χ4n) is 2.51. The lowest BCUT2D eigenvalue weighted by molar-refractivity contribution is -0.139. The molecule has 0 radical (unpaired) electrons. The first-order valence-electron chi connectivity index (χ1n) is 6.27. The zero-order valence-electron chi connectivity index (χ0n) is 10.5. The van der Waals surface area contributed by atoms with Crippen LogP contribution >= 0.6 is 0 Å². The standard InChI is InChI=1S/C17H14O2/c1-12-15(13-8-4-2-5-9-13)16(19-17(12)18)14-10-6-3-7-11-14/h2-11,15-16H,1H2/t15-,16-/m0/s1. The third-order valence-electron chi connectivity index (χ3n) is 3.46. The highest BCUT2D eigenvalue weighted by Gasteiger charge is 2.40. The van der Waals surface area contributed by atoms with Gasteiger partial charge in [-0.25, -0.2) is 4.79 Å². The summed E-state index contributed by atoms with van der Waals surface area (Å²) in [6.07, 6.45) is -0.274. The van der Waals surface area contributed by atoms with Crippen LogP contribution in [0, 0.1) is 0 Å². The molecule has 0 saturated carbocycles. The molecule has 0 amide bonds. The van der Waals surface area contributed by atoms with Crippen LogP contribution in [0.25, 0.3) is 0 Å². The SMILES string of the molecule is C=C1C(=O)O[C@@H](c2ccccc2)[C@@H]1c1ccccc1. The lowest BCUT2D eigenvalue weighted by Gasteiger charge is -2.18. The van der Waals surface area contributed by atoms with E-state index in [2.05, 4.69) is 6.58 Å². The first-order valence-corrected chi connectivity index (χ1v) is 6.27. The number of cyclic esters (lactones) is 1. The van der Waals surface area contributed by atoms with Crippen LogP contribution in [0.3, 0.4) is 0 Å². The Balaban J connectivity index is 2.04. The van der Waals surface area contributed by atoms with E-state index in [4.69, 9.17) is 4.74 Å². The highest BCUT2D eigenvalue weighted by molar-refractivity contribution is 5.92. The molecule has 3 rings (SSSR count). The van der Waals surface area contributed by atoms with Crippen LogP contribution in [0.4, 0.5) is 0 Å². The molecule has 19 heavy (non-hydrogen) atoms. The van der Waals surface area contributed by atoms with Crippen LogP contribution in [0.15, 0.2) is 72.8 Å². The molecule has 2 heteroatoms. The molecule has 0 spiro atoms.